The van der Waals surface area contributed by atoms with E-state index in [0.29, 0.717) is 19.3 Å². The molecule has 1 aliphatic rings. The van der Waals surface area contributed by atoms with Gasteiger partial charge in [0, 0.05) is 19.2 Å². The Morgan fingerprint density at radius 1 is 1.46 bits per heavy atom. The lowest BCUT2D eigenvalue weighted by Crippen LogP contribution is -2.53. The average Bonchev–Trinajstić information content (AvgIpc) is 2.62. The van der Waals surface area contributed by atoms with Gasteiger partial charge in [0.05, 0.1) is 7.85 Å². The van der Waals surface area contributed by atoms with Crippen LogP contribution in [0.5, 0.6) is 5.75 Å². The normalized spacial score (nSPS) is 21.0. The number of carboxylic acid groups (broad SMARTS) is 1. The van der Waals surface area contributed by atoms with Gasteiger partial charge >= 0.3 is 5.97 Å². The summed E-state index contributed by atoms with van der Waals surface area (Å²) in [5.41, 5.74) is 6.98. The Bertz CT molecular complexity index is 628. The fourth-order valence-corrected chi connectivity index (χ4v) is 3.77. The van der Waals surface area contributed by atoms with Crippen molar-refractivity contribution in [3.8, 4) is 5.75 Å². The number of aliphatic hydroxyl groups is 1. The van der Waals surface area contributed by atoms with Crippen molar-refractivity contribution in [2.45, 2.75) is 63.0 Å². The molecule has 0 aromatic heterocycles. The number of hydrogen-bond acceptors (Lipinski definition) is 5. The Labute approximate surface area is 156 Å². The summed E-state index contributed by atoms with van der Waals surface area (Å²) < 4.78 is 0. The highest BCUT2D eigenvalue weighted by molar-refractivity contribution is 6.15. The third kappa shape index (κ3) is 4.58. The monoisotopic (exact) mass is 360 g/mol. The van der Waals surface area contributed by atoms with Crippen molar-refractivity contribution in [1.29, 1.82) is 0 Å². The summed E-state index contributed by atoms with van der Waals surface area (Å²) in [4.78, 5) is 14.1. The first kappa shape index (κ1) is 20.7. The Kier molecular flexibility index (Phi) is 7.09. The Hall–Kier alpha value is -1.57. The molecule has 1 heterocycles. The number of nitrogens with zero attached hydrogens (tertiary/aromatic N) is 1. The molecule has 26 heavy (non-hydrogen) atoms. The van der Waals surface area contributed by atoms with Gasteiger partial charge < -0.3 is 21.1 Å². The molecular formula is C19H29BN2O4. The fraction of sp³-hybridized carbons (Fsp3) is 0.632. The number of carbonyl (C=O) groups is 1. The van der Waals surface area contributed by atoms with E-state index in [2.05, 4.69) is 11.8 Å². The van der Waals surface area contributed by atoms with Gasteiger partial charge in [0.15, 0.2) is 0 Å². The highest BCUT2D eigenvalue weighted by atomic mass is 16.4. The van der Waals surface area contributed by atoms with Crippen LogP contribution in [0.2, 0.25) is 5.82 Å². The molecule has 0 spiro atoms. The standard InChI is InChI=1S/C19H29BN2O4/c1-2-22-12-14-11-16(24)6-5-13(14)10-15(22)7-8-19(21,18(25)26)17(20)4-3-9-23/h5-6,11,15,17,23-24H,2-4,7-10,12,21H2,1H3,(H,25,26). The van der Waals surface area contributed by atoms with Gasteiger partial charge in [0.2, 0.25) is 0 Å². The summed E-state index contributed by atoms with van der Waals surface area (Å²) in [5.74, 6) is -1.53. The van der Waals surface area contributed by atoms with Crippen molar-refractivity contribution in [1.82, 2.24) is 4.90 Å². The van der Waals surface area contributed by atoms with Gasteiger partial charge in [-0.05, 0) is 61.3 Å². The molecule has 2 rings (SSSR count). The predicted molar refractivity (Wildman–Crippen MR) is 101 cm³/mol. The van der Waals surface area contributed by atoms with Gasteiger partial charge in [-0.25, -0.2) is 0 Å². The minimum Gasteiger partial charge on any atom is -0.508 e. The van der Waals surface area contributed by atoms with Crippen molar-refractivity contribution < 1.29 is 20.1 Å². The number of phenolic OH excluding ortho intramolecular Hbond substituents is 1. The molecule has 1 aliphatic heterocycles. The van der Waals surface area contributed by atoms with E-state index in [1.807, 2.05) is 6.07 Å². The number of benzene rings is 1. The van der Waals surface area contributed by atoms with E-state index < -0.39 is 17.3 Å². The average molecular weight is 360 g/mol. The SMILES string of the molecule is [B]C(CCCO)C(N)(CCC1Cc2ccc(O)cc2CN1CC)C(=O)O. The lowest BCUT2D eigenvalue weighted by molar-refractivity contribution is -0.144. The molecule has 2 radical (unpaired) electrons. The number of likely N-dealkylation sites (N-methyl/N-ethyl adjacent to an activating group) is 1. The minimum absolute atomic E-state index is 0.0285. The van der Waals surface area contributed by atoms with Crippen LogP contribution in [0, 0.1) is 0 Å². The summed E-state index contributed by atoms with van der Waals surface area (Å²) in [5, 5.41) is 28.3. The summed E-state index contributed by atoms with van der Waals surface area (Å²) in [7, 11) is 6.06. The molecule has 6 nitrogen and oxygen atoms in total. The summed E-state index contributed by atoms with van der Waals surface area (Å²) in [6.45, 7) is 3.60. The molecule has 0 saturated carbocycles. The first-order valence-corrected chi connectivity index (χ1v) is 9.25. The highest BCUT2D eigenvalue weighted by Gasteiger charge is 2.40. The molecule has 0 bridgehead atoms. The molecule has 0 fully saturated rings. The number of aliphatic hydroxyl groups excluding tert-OH is 1. The molecule has 3 atom stereocenters. The number of aromatic hydroxyl groups is 1. The molecule has 7 heteroatoms. The second-order valence-corrected chi connectivity index (χ2v) is 7.23. The first-order valence-electron chi connectivity index (χ1n) is 9.25. The van der Waals surface area contributed by atoms with Crippen molar-refractivity contribution in [3.63, 3.8) is 0 Å². The summed E-state index contributed by atoms with van der Waals surface area (Å²) >= 11 is 0. The molecular weight excluding hydrogens is 331 g/mol. The minimum atomic E-state index is -1.50. The van der Waals surface area contributed by atoms with Gasteiger partial charge in [0.25, 0.3) is 0 Å². The van der Waals surface area contributed by atoms with E-state index in [1.54, 1.807) is 12.1 Å². The number of carboxylic acids is 1. The second kappa shape index (κ2) is 8.89. The van der Waals surface area contributed by atoms with Crippen LogP contribution < -0.4 is 5.73 Å². The molecule has 1 aromatic rings. The predicted octanol–water partition coefficient (Wildman–Crippen LogP) is 1.43. The highest BCUT2D eigenvalue weighted by Crippen LogP contribution is 2.33. The number of rotatable bonds is 9. The first-order chi connectivity index (χ1) is 12.3. The van der Waals surface area contributed by atoms with Gasteiger partial charge in [-0.1, -0.05) is 19.4 Å². The molecule has 142 valence electrons. The molecule has 0 aliphatic carbocycles. The van der Waals surface area contributed by atoms with Gasteiger partial charge in [0.1, 0.15) is 11.3 Å². The number of aliphatic carboxylic acids is 1. The van der Waals surface area contributed by atoms with Crippen LogP contribution in [0.3, 0.4) is 0 Å². The van der Waals surface area contributed by atoms with E-state index >= 15 is 0 Å². The van der Waals surface area contributed by atoms with Gasteiger partial charge in [-0.15, -0.1) is 0 Å². The van der Waals surface area contributed by atoms with E-state index in [-0.39, 0.29) is 24.8 Å². The Morgan fingerprint density at radius 3 is 2.81 bits per heavy atom. The van der Waals surface area contributed by atoms with Crippen LogP contribution in [0.15, 0.2) is 18.2 Å². The zero-order valence-electron chi connectivity index (χ0n) is 15.4. The van der Waals surface area contributed by atoms with Crippen molar-refractivity contribution >= 4 is 13.8 Å². The van der Waals surface area contributed by atoms with Crippen molar-refractivity contribution in [3.05, 3.63) is 29.3 Å². The molecule has 1 aromatic carbocycles. The third-order valence-electron chi connectivity index (χ3n) is 5.57. The third-order valence-corrected chi connectivity index (χ3v) is 5.57. The van der Waals surface area contributed by atoms with Crippen molar-refractivity contribution in [2.75, 3.05) is 13.2 Å². The number of nitrogens with two attached hydrogens (primary N) is 1. The van der Waals surface area contributed by atoms with Crippen LogP contribution in [0.1, 0.15) is 43.7 Å². The number of hydrogen-bond donors (Lipinski definition) is 4. The second-order valence-electron chi connectivity index (χ2n) is 7.23. The Morgan fingerprint density at radius 2 is 2.19 bits per heavy atom. The summed E-state index contributed by atoms with van der Waals surface area (Å²) in [6.07, 6.45) is 2.52. The van der Waals surface area contributed by atoms with Gasteiger partial charge in [-0.2, -0.15) is 0 Å². The zero-order valence-corrected chi connectivity index (χ0v) is 15.4. The smallest absolute Gasteiger partial charge is 0.323 e. The molecule has 5 N–H and O–H groups in total. The quantitative estimate of drug-likeness (QED) is 0.497. The van der Waals surface area contributed by atoms with Gasteiger partial charge in [-0.3, -0.25) is 9.69 Å². The van der Waals surface area contributed by atoms with E-state index in [1.165, 1.54) is 5.56 Å². The Balaban J connectivity index is 2.10. The van der Waals surface area contributed by atoms with Crippen LogP contribution in [-0.4, -0.2) is 58.8 Å². The van der Waals surface area contributed by atoms with Crippen LogP contribution in [0.25, 0.3) is 0 Å². The van der Waals surface area contributed by atoms with Crippen LogP contribution >= 0.6 is 0 Å². The largest absolute Gasteiger partial charge is 0.508 e. The molecule has 3 unspecified atom stereocenters. The maximum Gasteiger partial charge on any atom is 0.323 e. The lowest BCUT2D eigenvalue weighted by atomic mass is 9.66. The topological polar surface area (TPSA) is 107 Å². The number of fused-ring (bicyclic) bond motifs is 1. The summed E-state index contributed by atoms with van der Waals surface area (Å²) in [6, 6.07) is 5.60. The zero-order chi connectivity index (χ0) is 19.3. The molecule has 0 amide bonds. The maximum atomic E-state index is 11.8. The van der Waals surface area contributed by atoms with E-state index in [9.17, 15) is 15.0 Å². The maximum absolute atomic E-state index is 11.8. The van der Waals surface area contributed by atoms with E-state index in [0.717, 1.165) is 25.1 Å². The van der Waals surface area contributed by atoms with E-state index in [4.69, 9.17) is 18.7 Å². The van der Waals surface area contributed by atoms with Crippen molar-refractivity contribution in [2.24, 2.45) is 5.73 Å². The fourth-order valence-electron chi connectivity index (χ4n) is 3.77. The van der Waals surface area contributed by atoms with Crippen LogP contribution in [-0.2, 0) is 17.8 Å². The lowest BCUT2D eigenvalue weighted by Gasteiger charge is -2.39. The molecule has 0 saturated heterocycles. The number of phenols is 1. The van der Waals surface area contributed by atoms with Crippen LogP contribution in [0.4, 0.5) is 0 Å².